The van der Waals surface area contributed by atoms with Crippen molar-refractivity contribution in [2.24, 2.45) is 5.41 Å². The zero-order chi connectivity index (χ0) is 13.1. The monoisotopic (exact) mass is 251 g/mol. The zero-order valence-electron chi connectivity index (χ0n) is 12.1. The van der Waals surface area contributed by atoms with Gasteiger partial charge in [0.05, 0.1) is 11.7 Å². The van der Waals surface area contributed by atoms with Gasteiger partial charge in [-0.15, -0.1) is 6.58 Å². The van der Waals surface area contributed by atoms with Gasteiger partial charge in [-0.1, -0.05) is 32.3 Å². The fourth-order valence-electron chi connectivity index (χ4n) is 3.75. The minimum Gasteiger partial charge on any atom is -0.372 e. The summed E-state index contributed by atoms with van der Waals surface area (Å²) in [5.74, 6) is 0. The van der Waals surface area contributed by atoms with E-state index in [0.717, 1.165) is 13.0 Å². The van der Waals surface area contributed by atoms with Crippen molar-refractivity contribution >= 4 is 0 Å². The number of ether oxygens (including phenoxy) is 1. The van der Waals surface area contributed by atoms with Gasteiger partial charge in [-0.3, -0.25) is 0 Å². The van der Waals surface area contributed by atoms with Crippen molar-refractivity contribution in [2.75, 3.05) is 13.6 Å². The SMILES string of the molecule is C=CC(C)(CNC)CC1CCC2(CCCCC2)O1. The Morgan fingerprint density at radius 2 is 2.06 bits per heavy atom. The molecule has 2 heteroatoms. The summed E-state index contributed by atoms with van der Waals surface area (Å²) in [6.07, 6.45) is 12.9. The van der Waals surface area contributed by atoms with Crippen LogP contribution in [0.25, 0.3) is 0 Å². The highest BCUT2D eigenvalue weighted by atomic mass is 16.5. The van der Waals surface area contributed by atoms with E-state index in [9.17, 15) is 0 Å². The predicted octanol–water partition coefficient (Wildman–Crippen LogP) is 3.67. The van der Waals surface area contributed by atoms with Crippen molar-refractivity contribution < 1.29 is 4.74 Å². The molecule has 1 spiro atoms. The second-order valence-electron chi connectivity index (χ2n) is 6.61. The van der Waals surface area contributed by atoms with E-state index in [0.29, 0.717) is 6.10 Å². The van der Waals surface area contributed by atoms with Crippen LogP contribution in [0.4, 0.5) is 0 Å². The number of hydrogen-bond donors (Lipinski definition) is 1. The highest BCUT2D eigenvalue weighted by Gasteiger charge is 2.42. The van der Waals surface area contributed by atoms with E-state index in [2.05, 4.69) is 24.9 Å². The summed E-state index contributed by atoms with van der Waals surface area (Å²) in [5, 5.41) is 3.28. The third-order valence-electron chi connectivity index (χ3n) is 4.87. The molecule has 2 atom stereocenters. The number of hydrogen-bond acceptors (Lipinski definition) is 2. The van der Waals surface area contributed by atoms with Crippen LogP contribution in [0.3, 0.4) is 0 Å². The van der Waals surface area contributed by atoms with E-state index in [1.807, 2.05) is 7.05 Å². The fourth-order valence-corrected chi connectivity index (χ4v) is 3.75. The Morgan fingerprint density at radius 3 is 2.67 bits per heavy atom. The van der Waals surface area contributed by atoms with Crippen LogP contribution in [0.2, 0.25) is 0 Å². The predicted molar refractivity (Wildman–Crippen MR) is 76.8 cm³/mol. The minimum absolute atomic E-state index is 0.166. The first-order chi connectivity index (χ1) is 8.61. The quantitative estimate of drug-likeness (QED) is 0.753. The van der Waals surface area contributed by atoms with Gasteiger partial charge in [-0.2, -0.15) is 0 Å². The van der Waals surface area contributed by atoms with Gasteiger partial charge in [-0.05, 0) is 39.2 Å². The van der Waals surface area contributed by atoms with Gasteiger partial charge in [0.1, 0.15) is 0 Å². The topological polar surface area (TPSA) is 21.3 Å². The normalized spacial score (nSPS) is 30.2. The van der Waals surface area contributed by atoms with Gasteiger partial charge >= 0.3 is 0 Å². The van der Waals surface area contributed by atoms with Crippen LogP contribution >= 0.6 is 0 Å². The van der Waals surface area contributed by atoms with Crippen LogP contribution < -0.4 is 5.32 Å². The standard InChI is InChI=1S/C16H29NO/c1-4-15(2,13-17-3)12-14-8-11-16(18-14)9-6-5-7-10-16/h4,14,17H,1,5-13H2,2-3H3. The molecule has 2 unspecified atom stereocenters. The maximum atomic E-state index is 6.46. The molecule has 1 saturated heterocycles. The van der Waals surface area contributed by atoms with Crippen LogP contribution in [0, 0.1) is 5.41 Å². The van der Waals surface area contributed by atoms with E-state index in [-0.39, 0.29) is 11.0 Å². The Hall–Kier alpha value is -0.340. The first-order valence-electron chi connectivity index (χ1n) is 7.57. The smallest absolute Gasteiger partial charge is 0.0687 e. The van der Waals surface area contributed by atoms with E-state index < -0.39 is 0 Å². The van der Waals surface area contributed by atoms with Crippen molar-refractivity contribution in [1.82, 2.24) is 5.32 Å². The van der Waals surface area contributed by atoms with Crippen molar-refractivity contribution in [3.63, 3.8) is 0 Å². The van der Waals surface area contributed by atoms with Crippen LogP contribution in [0.15, 0.2) is 12.7 Å². The molecule has 1 aliphatic carbocycles. The van der Waals surface area contributed by atoms with Crippen molar-refractivity contribution in [1.29, 1.82) is 0 Å². The van der Waals surface area contributed by atoms with E-state index in [1.165, 1.54) is 44.9 Å². The average Bonchev–Trinajstić information content (AvgIpc) is 2.73. The van der Waals surface area contributed by atoms with Crippen LogP contribution in [-0.2, 0) is 4.74 Å². The Kier molecular flexibility index (Phi) is 4.50. The Morgan fingerprint density at radius 1 is 1.33 bits per heavy atom. The van der Waals surface area contributed by atoms with Crippen LogP contribution in [0.5, 0.6) is 0 Å². The van der Waals surface area contributed by atoms with E-state index in [1.54, 1.807) is 0 Å². The molecule has 0 bridgehead atoms. The summed E-state index contributed by atoms with van der Waals surface area (Å²) >= 11 is 0. The Bertz CT molecular complexity index is 283. The molecule has 1 N–H and O–H groups in total. The summed E-state index contributed by atoms with van der Waals surface area (Å²) in [7, 11) is 2.01. The first kappa shape index (κ1) is 14.1. The second-order valence-corrected chi connectivity index (χ2v) is 6.61. The van der Waals surface area contributed by atoms with Gasteiger partial charge in [0.2, 0.25) is 0 Å². The van der Waals surface area contributed by atoms with Gasteiger partial charge in [0, 0.05) is 12.0 Å². The zero-order valence-corrected chi connectivity index (χ0v) is 12.1. The molecule has 1 saturated carbocycles. The Balaban J connectivity index is 1.90. The maximum Gasteiger partial charge on any atom is 0.0687 e. The molecule has 2 rings (SSSR count). The molecule has 0 aromatic carbocycles. The molecular weight excluding hydrogens is 222 g/mol. The molecule has 0 aromatic heterocycles. The lowest BCUT2D eigenvalue weighted by molar-refractivity contribution is -0.0726. The number of nitrogens with one attached hydrogen (secondary N) is 1. The highest BCUT2D eigenvalue weighted by molar-refractivity contribution is 4.98. The van der Waals surface area contributed by atoms with Crippen molar-refractivity contribution in [3.05, 3.63) is 12.7 Å². The van der Waals surface area contributed by atoms with Crippen molar-refractivity contribution in [2.45, 2.75) is 70.0 Å². The summed E-state index contributed by atoms with van der Waals surface area (Å²) < 4.78 is 6.46. The van der Waals surface area contributed by atoms with Crippen molar-refractivity contribution in [3.8, 4) is 0 Å². The molecule has 0 amide bonds. The lowest BCUT2D eigenvalue weighted by Crippen LogP contribution is -2.35. The third kappa shape index (κ3) is 3.16. The van der Waals surface area contributed by atoms with Crippen LogP contribution in [0.1, 0.15) is 58.3 Å². The van der Waals surface area contributed by atoms with Gasteiger partial charge in [0.25, 0.3) is 0 Å². The molecule has 2 aliphatic rings. The molecule has 2 nitrogen and oxygen atoms in total. The lowest BCUT2D eigenvalue weighted by Gasteiger charge is -2.35. The van der Waals surface area contributed by atoms with E-state index >= 15 is 0 Å². The largest absolute Gasteiger partial charge is 0.372 e. The van der Waals surface area contributed by atoms with E-state index in [4.69, 9.17) is 4.74 Å². The third-order valence-corrected chi connectivity index (χ3v) is 4.87. The van der Waals surface area contributed by atoms with Crippen LogP contribution in [-0.4, -0.2) is 25.3 Å². The Labute approximate surface area is 112 Å². The molecule has 2 fully saturated rings. The summed E-state index contributed by atoms with van der Waals surface area (Å²) in [6.45, 7) is 7.27. The van der Waals surface area contributed by atoms with Gasteiger partial charge in [0.15, 0.2) is 0 Å². The summed E-state index contributed by atoms with van der Waals surface area (Å²) in [6, 6.07) is 0. The molecule has 104 valence electrons. The minimum atomic E-state index is 0.166. The second kappa shape index (κ2) is 5.75. The molecular formula is C16H29NO. The summed E-state index contributed by atoms with van der Waals surface area (Å²) in [5.41, 5.74) is 0.421. The molecule has 1 aliphatic heterocycles. The van der Waals surface area contributed by atoms with Gasteiger partial charge < -0.3 is 10.1 Å². The molecule has 1 heterocycles. The molecule has 18 heavy (non-hydrogen) atoms. The lowest BCUT2D eigenvalue weighted by atomic mass is 9.82. The number of rotatable bonds is 5. The maximum absolute atomic E-state index is 6.46. The summed E-state index contributed by atoms with van der Waals surface area (Å²) in [4.78, 5) is 0. The molecule has 0 aromatic rings. The average molecular weight is 251 g/mol. The van der Waals surface area contributed by atoms with Gasteiger partial charge in [-0.25, -0.2) is 0 Å². The highest BCUT2D eigenvalue weighted by Crippen LogP contribution is 2.44. The first-order valence-corrected chi connectivity index (χ1v) is 7.57. The molecule has 0 radical (unpaired) electrons. The fraction of sp³-hybridized carbons (Fsp3) is 0.875.